The van der Waals surface area contributed by atoms with Gasteiger partial charge in [0.1, 0.15) is 0 Å². The van der Waals surface area contributed by atoms with E-state index in [2.05, 4.69) is 15.6 Å². The molecule has 21 heavy (non-hydrogen) atoms. The number of carbonyl (C=O) groups is 1. The molecule has 0 aliphatic rings. The van der Waals surface area contributed by atoms with Crippen molar-refractivity contribution in [3.8, 4) is 5.75 Å². The number of nitrogens with zero attached hydrogens (tertiary/aromatic N) is 1. The molecule has 1 heterocycles. The first-order valence-electron chi connectivity index (χ1n) is 6.49. The fourth-order valence-electron chi connectivity index (χ4n) is 1.80. The number of aromatic nitrogens is 1. The molecule has 0 atom stereocenters. The number of pyridine rings is 1. The van der Waals surface area contributed by atoms with Gasteiger partial charge < -0.3 is 15.7 Å². The molecule has 0 aliphatic heterocycles. The van der Waals surface area contributed by atoms with Crippen LogP contribution < -0.4 is 10.6 Å². The molecule has 0 bridgehead atoms. The lowest BCUT2D eigenvalue weighted by molar-refractivity contribution is 0.0954. The molecule has 110 valence electrons. The molecule has 1 aromatic carbocycles. The van der Waals surface area contributed by atoms with Crippen molar-refractivity contribution in [2.45, 2.75) is 6.92 Å². The van der Waals surface area contributed by atoms with E-state index < -0.39 is 11.6 Å². The van der Waals surface area contributed by atoms with Crippen molar-refractivity contribution in [1.29, 1.82) is 0 Å². The Bertz CT molecular complexity index is 647. The Labute approximate surface area is 121 Å². The number of benzene rings is 1. The molecule has 1 amide bonds. The van der Waals surface area contributed by atoms with Crippen molar-refractivity contribution in [2.24, 2.45) is 0 Å². The Morgan fingerprint density at radius 2 is 2.14 bits per heavy atom. The van der Waals surface area contributed by atoms with Crippen LogP contribution >= 0.6 is 0 Å². The number of anilines is 1. The van der Waals surface area contributed by atoms with E-state index in [0.717, 1.165) is 23.4 Å². The van der Waals surface area contributed by atoms with Gasteiger partial charge in [0.25, 0.3) is 5.91 Å². The number of aryl methyl sites for hydroxylation is 1. The zero-order valence-electron chi connectivity index (χ0n) is 11.6. The summed E-state index contributed by atoms with van der Waals surface area (Å²) in [4.78, 5) is 15.8. The van der Waals surface area contributed by atoms with E-state index in [4.69, 9.17) is 5.11 Å². The number of halogens is 1. The summed E-state index contributed by atoms with van der Waals surface area (Å²) in [5, 5.41) is 14.9. The maximum atomic E-state index is 13.1. The van der Waals surface area contributed by atoms with Crippen LogP contribution in [0, 0.1) is 12.7 Å². The fourth-order valence-corrected chi connectivity index (χ4v) is 1.80. The minimum atomic E-state index is -0.812. The first-order chi connectivity index (χ1) is 10.1. The third-order valence-corrected chi connectivity index (χ3v) is 2.96. The van der Waals surface area contributed by atoms with E-state index in [-0.39, 0.29) is 11.5 Å². The highest BCUT2D eigenvalue weighted by Gasteiger charge is 2.08. The maximum absolute atomic E-state index is 13.1. The van der Waals surface area contributed by atoms with Crippen LogP contribution in [0.3, 0.4) is 0 Å². The lowest BCUT2D eigenvalue weighted by atomic mass is 10.2. The van der Waals surface area contributed by atoms with Gasteiger partial charge in [0.15, 0.2) is 11.6 Å². The minimum absolute atomic E-state index is 0.172. The van der Waals surface area contributed by atoms with Crippen LogP contribution in [0.15, 0.2) is 36.7 Å². The van der Waals surface area contributed by atoms with E-state index in [9.17, 15) is 9.18 Å². The molecule has 0 saturated heterocycles. The summed E-state index contributed by atoms with van der Waals surface area (Å²) in [6, 6.07) is 5.38. The second kappa shape index (κ2) is 6.69. The van der Waals surface area contributed by atoms with Crippen molar-refractivity contribution in [3.63, 3.8) is 0 Å². The first-order valence-corrected chi connectivity index (χ1v) is 6.49. The van der Waals surface area contributed by atoms with Gasteiger partial charge in [-0.2, -0.15) is 0 Å². The normalized spacial score (nSPS) is 10.2. The molecule has 0 spiro atoms. The Morgan fingerprint density at radius 1 is 1.33 bits per heavy atom. The van der Waals surface area contributed by atoms with E-state index in [1.165, 1.54) is 6.07 Å². The number of rotatable bonds is 5. The van der Waals surface area contributed by atoms with Crippen LogP contribution in [0.25, 0.3) is 0 Å². The van der Waals surface area contributed by atoms with Crippen molar-refractivity contribution in [1.82, 2.24) is 10.3 Å². The van der Waals surface area contributed by atoms with Gasteiger partial charge in [-0.1, -0.05) is 0 Å². The maximum Gasteiger partial charge on any atom is 0.251 e. The quantitative estimate of drug-likeness (QED) is 0.737. The highest BCUT2D eigenvalue weighted by molar-refractivity contribution is 5.94. The van der Waals surface area contributed by atoms with Crippen LogP contribution in [0.1, 0.15) is 15.9 Å². The molecule has 3 N–H and O–H groups in total. The number of hydrogen-bond donors (Lipinski definition) is 3. The van der Waals surface area contributed by atoms with E-state index in [1.54, 1.807) is 12.4 Å². The second-order valence-electron chi connectivity index (χ2n) is 4.54. The van der Waals surface area contributed by atoms with Gasteiger partial charge >= 0.3 is 0 Å². The number of phenolic OH excluding ortho intramolecular Hbond substituents is 1. The molecule has 0 saturated carbocycles. The number of aromatic hydroxyl groups is 1. The Morgan fingerprint density at radius 3 is 2.86 bits per heavy atom. The molecule has 2 rings (SSSR count). The molecule has 1 aromatic heterocycles. The van der Waals surface area contributed by atoms with Crippen LogP contribution in [0.4, 0.5) is 10.1 Å². The molecular weight excluding hydrogens is 273 g/mol. The smallest absolute Gasteiger partial charge is 0.251 e. The van der Waals surface area contributed by atoms with Crippen molar-refractivity contribution in [3.05, 3.63) is 53.6 Å². The summed E-state index contributed by atoms with van der Waals surface area (Å²) in [5.41, 5.74) is 2.14. The largest absolute Gasteiger partial charge is 0.505 e. The number of carbonyl (C=O) groups excluding carboxylic acids is 1. The van der Waals surface area contributed by atoms with Gasteiger partial charge in [-0.25, -0.2) is 4.39 Å². The zero-order valence-corrected chi connectivity index (χ0v) is 11.6. The molecule has 2 aromatic rings. The zero-order chi connectivity index (χ0) is 15.2. The molecule has 0 radical (unpaired) electrons. The number of amides is 1. The SMILES string of the molecule is Cc1cnccc1NCCNC(=O)c1ccc(O)c(F)c1. The summed E-state index contributed by atoms with van der Waals surface area (Å²) in [6.07, 6.45) is 3.44. The molecule has 6 heteroatoms. The summed E-state index contributed by atoms with van der Waals surface area (Å²) in [6.45, 7) is 2.87. The highest BCUT2D eigenvalue weighted by atomic mass is 19.1. The Kier molecular flexibility index (Phi) is 4.71. The summed E-state index contributed by atoms with van der Waals surface area (Å²) in [7, 11) is 0. The van der Waals surface area contributed by atoms with Gasteiger partial charge in [-0.3, -0.25) is 9.78 Å². The Balaban J connectivity index is 1.82. The summed E-state index contributed by atoms with van der Waals surface area (Å²) < 4.78 is 13.1. The van der Waals surface area contributed by atoms with Crippen molar-refractivity contribution >= 4 is 11.6 Å². The second-order valence-corrected chi connectivity index (χ2v) is 4.54. The molecule has 0 fully saturated rings. The number of phenols is 1. The van der Waals surface area contributed by atoms with Gasteiger partial charge in [-0.05, 0) is 36.8 Å². The highest BCUT2D eigenvalue weighted by Crippen LogP contribution is 2.16. The van der Waals surface area contributed by atoms with Gasteiger partial charge in [0, 0.05) is 36.7 Å². The van der Waals surface area contributed by atoms with Gasteiger partial charge in [-0.15, -0.1) is 0 Å². The van der Waals surface area contributed by atoms with Gasteiger partial charge in [0.2, 0.25) is 0 Å². The Hall–Kier alpha value is -2.63. The van der Waals surface area contributed by atoms with Crippen molar-refractivity contribution < 1.29 is 14.3 Å². The molecular formula is C15H16FN3O2. The summed E-state index contributed by atoms with van der Waals surface area (Å²) in [5.74, 6) is -1.67. The molecule has 0 aliphatic carbocycles. The van der Waals surface area contributed by atoms with Crippen LogP contribution in [0.2, 0.25) is 0 Å². The fraction of sp³-hybridized carbons (Fsp3) is 0.200. The number of hydrogen-bond acceptors (Lipinski definition) is 4. The number of nitrogens with one attached hydrogen (secondary N) is 2. The van der Waals surface area contributed by atoms with E-state index >= 15 is 0 Å². The van der Waals surface area contributed by atoms with Crippen LogP contribution in [0.5, 0.6) is 5.75 Å². The average molecular weight is 289 g/mol. The average Bonchev–Trinajstić information content (AvgIpc) is 2.48. The molecule has 0 unspecified atom stereocenters. The molecule has 5 nitrogen and oxygen atoms in total. The lowest BCUT2D eigenvalue weighted by Crippen LogP contribution is -2.28. The predicted molar refractivity (Wildman–Crippen MR) is 77.9 cm³/mol. The van der Waals surface area contributed by atoms with E-state index in [1.807, 2.05) is 13.0 Å². The minimum Gasteiger partial charge on any atom is -0.505 e. The monoisotopic (exact) mass is 289 g/mol. The predicted octanol–water partition coefficient (Wildman–Crippen LogP) is 2.08. The third-order valence-electron chi connectivity index (χ3n) is 2.96. The van der Waals surface area contributed by atoms with Crippen molar-refractivity contribution in [2.75, 3.05) is 18.4 Å². The first kappa shape index (κ1) is 14.8. The topological polar surface area (TPSA) is 74.2 Å². The van der Waals surface area contributed by atoms with Crippen LogP contribution in [-0.2, 0) is 0 Å². The third kappa shape index (κ3) is 3.92. The lowest BCUT2D eigenvalue weighted by Gasteiger charge is -2.10. The van der Waals surface area contributed by atoms with Gasteiger partial charge in [0.05, 0.1) is 0 Å². The standard InChI is InChI=1S/C15H16FN3O2/c1-10-9-17-5-4-13(10)18-6-7-19-15(21)11-2-3-14(20)12(16)8-11/h2-5,8-9,20H,6-7H2,1H3,(H,17,18)(H,19,21). The van der Waals surface area contributed by atoms with E-state index in [0.29, 0.717) is 13.1 Å². The summed E-state index contributed by atoms with van der Waals surface area (Å²) >= 11 is 0. The van der Waals surface area contributed by atoms with Crippen LogP contribution in [-0.4, -0.2) is 29.1 Å².